The van der Waals surface area contributed by atoms with Crippen LogP contribution in [0.15, 0.2) is 47.4 Å². The number of nitrogens with one attached hydrogen (secondary N) is 2. The highest BCUT2D eigenvalue weighted by Gasteiger charge is 2.30. The molecule has 1 heterocycles. The second-order valence-corrected chi connectivity index (χ2v) is 9.41. The maximum atomic E-state index is 12.6. The van der Waals surface area contributed by atoms with Crippen LogP contribution in [0.4, 0.5) is 5.69 Å². The lowest BCUT2D eigenvalue weighted by Gasteiger charge is -2.20. The van der Waals surface area contributed by atoms with Crippen molar-refractivity contribution in [1.29, 1.82) is 0 Å². The highest BCUT2D eigenvalue weighted by molar-refractivity contribution is 7.89. The SMILES string of the molecule is CC(=O)N1c2ccc(S(=O)(=O)NCCC(=O)NCc3ccc(C)cc3)cc2CC1C. The quantitative estimate of drug-likeness (QED) is 0.706. The van der Waals surface area contributed by atoms with Crippen LogP contribution in [0.2, 0.25) is 0 Å². The molecule has 3 rings (SSSR count). The van der Waals surface area contributed by atoms with E-state index >= 15 is 0 Å². The number of benzene rings is 2. The highest BCUT2D eigenvalue weighted by atomic mass is 32.2. The van der Waals surface area contributed by atoms with Crippen LogP contribution in [-0.2, 0) is 32.6 Å². The molecule has 0 saturated heterocycles. The molecule has 0 aromatic heterocycles. The molecule has 2 amide bonds. The molecule has 1 aliphatic rings. The summed E-state index contributed by atoms with van der Waals surface area (Å²) in [6, 6.07) is 12.6. The van der Waals surface area contributed by atoms with Crippen LogP contribution in [0.25, 0.3) is 0 Å². The maximum absolute atomic E-state index is 12.6. The predicted octanol–water partition coefficient (Wildman–Crippen LogP) is 2.28. The van der Waals surface area contributed by atoms with Gasteiger partial charge in [-0.1, -0.05) is 29.8 Å². The maximum Gasteiger partial charge on any atom is 0.240 e. The summed E-state index contributed by atoms with van der Waals surface area (Å²) in [6.45, 7) is 5.84. The van der Waals surface area contributed by atoms with Crippen molar-refractivity contribution < 1.29 is 18.0 Å². The monoisotopic (exact) mass is 429 g/mol. The number of nitrogens with zero attached hydrogens (tertiary/aromatic N) is 1. The first-order valence-electron chi connectivity index (χ1n) is 9.92. The molecule has 7 nitrogen and oxygen atoms in total. The molecule has 160 valence electrons. The van der Waals surface area contributed by atoms with Crippen molar-refractivity contribution in [3.05, 3.63) is 59.2 Å². The normalized spacial score (nSPS) is 15.7. The van der Waals surface area contributed by atoms with E-state index in [-0.39, 0.29) is 35.7 Å². The molecule has 2 N–H and O–H groups in total. The molecule has 1 unspecified atom stereocenters. The molecule has 0 saturated carbocycles. The fraction of sp³-hybridized carbons (Fsp3) is 0.364. The molecule has 1 aliphatic heterocycles. The van der Waals surface area contributed by atoms with Gasteiger partial charge in [0.05, 0.1) is 4.90 Å². The van der Waals surface area contributed by atoms with Gasteiger partial charge in [-0.3, -0.25) is 9.59 Å². The van der Waals surface area contributed by atoms with Crippen molar-refractivity contribution in [2.24, 2.45) is 0 Å². The van der Waals surface area contributed by atoms with Crippen molar-refractivity contribution in [3.8, 4) is 0 Å². The number of carbonyl (C=O) groups excluding carboxylic acids is 2. The number of aryl methyl sites for hydroxylation is 1. The van der Waals surface area contributed by atoms with Gasteiger partial charge in [0.2, 0.25) is 21.8 Å². The van der Waals surface area contributed by atoms with Crippen LogP contribution >= 0.6 is 0 Å². The Kier molecular flexibility index (Phi) is 6.58. The van der Waals surface area contributed by atoms with Crippen molar-refractivity contribution >= 4 is 27.5 Å². The van der Waals surface area contributed by atoms with E-state index in [0.717, 1.165) is 22.4 Å². The molecule has 2 aromatic rings. The number of hydrogen-bond acceptors (Lipinski definition) is 4. The molecule has 0 bridgehead atoms. The minimum Gasteiger partial charge on any atom is -0.352 e. The van der Waals surface area contributed by atoms with Gasteiger partial charge in [-0.05, 0) is 49.6 Å². The molecular weight excluding hydrogens is 402 g/mol. The van der Waals surface area contributed by atoms with E-state index < -0.39 is 10.0 Å². The zero-order valence-electron chi connectivity index (χ0n) is 17.4. The van der Waals surface area contributed by atoms with Gasteiger partial charge in [-0.25, -0.2) is 13.1 Å². The van der Waals surface area contributed by atoms with Gasteiger partial charge >= 0.3 is 0 Å². The lowest BCUT2D eigenvalue weighted by molar-refractivity contribution is -0.121. The topological polar surface area (TPSA) is 95.6 Å². The Balaban J connectivity index is 1.54. The molecule has 0 spiro atoms. The zero-order chi connectivity index (χ0) is 21.9. The van der Waals surface area contributed by atoms with E-state index in [1.54, 1.807) is 17.0 Å². The van der Waals surface area contributed by atoms with Crippen LogP contribution in [0.1, 0.15) is 37.0 Å². The third-order valence-corrected chi connectivity index (χ3v) is 6.63. The van der Waals surface area contributed by atoms with Crippen molar-refractivity contribution in [2.75, 3.05) is 11.4 Å². The third-order valence-electron chi connectivity index (χ3n) is 5.17. The van der Waals surface area contributed by atoms with E-state index in [1.807, 2.05) is 38.1 Å². The number of hydrogen-bond donors (Lipinski definition) is 2. The van der Waals surface area contributed by atoms with E-state index in [0.29, 0.717) is 13.0 Å². The smallest absolute Gasteiger partial charge is 0.240 e. The minimum atomic E-state index is -3.74. The largest absolute Gasteiger partial charge is 0.352 e. The van der Waals surface area contributed by atoms with Gasteiger partial charge in [0, 0.05) is 38.2 Å². The van der Waals surface area contributed by atoms with Gasteiger partial charge in [-0.15, -0.1) is 0 Å². The molecule has 0 aliphatic carbocycles. The molecule has 0 fully saturated rings. The van der Waals surface area contributed by atoms with Gasteiger partial charge in [0.15, 0.2) is 0 Å². The number of anilines is 1. The summed E-state index contributed by atoms with van der Waals surface area (Å²) in [4.78, 5) is 25.7. The van der Waals surface area contributed by atoms with E-state index in [1.165, 1.54) is 13.0 Å². The number of carbonyl (C=O) groups is 2. The number of amides is 2. The van der Waals surface area contributed by atoms with E-state index in [2.05, 4.69) is 10.0 Å². The molecule has 30 heavy (non-hydrogen) atoms. The average molecular weight is 430 g/mol. The first kappa shape index (κ1) is 22.0. The van der Waals surface area contributed by atoms with E-state index in [9.17, 15) is 18.0 Å². The van der Waals surface area contributed by atoms with Gasteiger partial charge in [0.25, 0.3) is 0 Å². The second kappa shape index (κ2) is 8.97. The summed E-state index contributed by atoms with van der Waals surface area (Å²) in [7, 11) is -3.74. The highest BCUT2D eigenvalue weighted by Crippen LogP contribution is 2.33. The van der Waals surface area contributed by atoms with Crippen LogP contribution < -0.4 is 14.9 Å². The number of sulfonamides is 1. The Hall–Kier alpha value is -2.71. The van der Waals surface area contributed by atoms with Gasteiger partial charge in [0.1, 0.15) is 0 Å². The third kappa shape index (κ3) is 5.06. The molecule has 2 aromatic carbocycles. The average Bonchev–Trinajstić information content (AvgIpc) is 3.02. The summed E-state index contributed by atoms with van der Waals surface area (Å²) in [5.41, 5.74) is 3.72. The fourth-order valence-electron chi connectivity index (χ4n) is 3.63. The Morgan fingerprint density at radius 2 is 1.83 bits per heavy atom. The van der Waals surface area contributed by atoms with Crippen molar-refractivity contribution in [3.63, 3.8) is 0 Å². The zero-order valence-corrected chi connectivity index (χ0v) is 18.3. The Morgan fingerprint density at radius 1 is 1.13 bits per heavy atom. The van der Waals surface area contributed by atoms with Gasteiger partial charge in [-0.2, -0.15) is 0 Å². The predicted molar refractivity (Wildman–Crippen MR) is 116 cm³/mol. The fourth-order valence-corrected chi connectivity index (χ4v) is 4.71. The molecule has 8 heteroatoms. The Bertz CT molecular complexity index is 1050. The van der Waals surface area contributed by atoms with Crippen molar-refractivity contribution in [1.82, 2.24) is 10.0 Å². The lowest BCUT2D eigenvalue weighted by Crippen LogP contribution is -2.33. The minimum absolute atomic E-state index is 0.000591. The number of rotatable bonds is 7. The van der Waals surface area contributed by atoms with Crippen LogP contribution in [0.3, 0.4) is 0 Å². The summed E-state index contributed by atoms with van der Waals surface area (Å²) in [6.07, 6.45) is 0.658. The first-order valence-corrected chi connectivity index (χ1v) is 11.4. The summed E-state index contributed by atoms with van der Waals surface area (Å²) < 4.78 is 27.7. The van der Waals surface area contributed by atoms with Crippen LogP contribution in [0.5, 0.6) is 0 Å². The van der Waals surface area contributed by atoms with Crippen molar-refractivity contribution in [2.45, 2.75) is 51.1 Å². The van der Waals surface area contributed by atoms with Crippen LogP contribution in [0, 0.1) is 6.92 Å². The Labute approximate surface area is 177 Å². The summed E-state index contributed by atoms with van der Waals surface area (Å²) in [5.74, 6) is -0.287. The van der Waals surface area contributed by atoms with Gasteiger partial charge < -0.3 is 10.2 Å². The standard InChI is InChI=1S/C22H27N3O4S/c1-15-4-6-18(7-5-15)14-23-22(27)10-11-24-30(28,29)20-8-9-21-19(13-20)12-16(2)25(21)17(3)26/h4-9,13,16,24H,10-12,14H2,1-3H3,(H,23,27). The second-order valence-electron chi connectivity index (χ2n) is 7.64. The lowest BCUT2D eigenvalue weighted by atomic mass is 10.1. The molecule has 0 radical (unpaired) electrons. The Morgan fingerprint density at radius 3 is 2.50 bits per heavy atom. The summed E-state index contributed by atoms with van der Waals surface area (Å²) >= 11 is 0. The van der Waals surface area contributed by atoms with E-state index in [4.69, 9.17) is 0 Å². The molecular formula is C22H27N3O4S. The number of fused-ring (bicyclic) bond motifs is 1. The summed E-state index contributed by atoms with van der Waals surface area (Å²) in [5, 5.41) is 2.79. The first-order chi connectivity index (χ1) is 14.2. The van der Waals surface area contributed by atoms with Crippen LogP contribution in [-0.4, -0.2) is 32.8 Å². The molecule has 1 atom stereocenters.